The predicted molar refractivity (Wildman–Crippen MR) is 104 cm³/mol. The lowest BCUT2D eigenvalue weighted by molar-refractivity contribution is 0.339. The van der Waals surface area contributed by atoms with E-state index in [1.165, 1.54) is 11.1 Å². The second kappa shape index (κ2) is 8.34. The van der Waals surface area contributed by atoms with E-state index in [1.807, 2.05) is 0 Å². The smallest absolute Gasteiger partial charge is 0.0142 e. The molecule has 0 nitrogen and oxygen atoms in total. The third-order valence-corrected chi connectivity index (χ3v) is 4.18. The van der Waals surface area contributed by atoms with Gasteiger partial charge in [0.05, 0.1) is 0 Å². The predicted octanol–water partition coefficient (Wildman–Crippen LogP) is 7.11. The van der Waals surface area contributed by atoms with Crippen LogP contribution in [0.4, 0.5) is 0 Å². The monoisotopic (exact) mass is 310 g/mol. The molecular formula is C23H34. The highest BCUT2D eigenvalue weighted by Crippen LogP contribution is 2.33. The minimum atomic E-state index is 0.362. The van der Waals surface area contributed by atoms with E-state index in [2.05, 4.69) is 109 Å². The molecule has 0 amide bonds. The molecule has 0 aromatic heterocycles. The van der Waals surface area contributed by atoms with Gasteiger partial charge in [-0.25, -0.2) is 0 Å². The summed E-state index contributed by atoms with van der Waals surface area (Å²) in [5.74, 6) is 0.624. The minimum Gasteiger partial charge on any atom is -0.0622 e. The maximum atomic E-state index is 2.29. The van der Waals surface area contributed by atoms with Crippen LogP contribution in [0, 0.1) is 10.8 Å². The Kier molecular flexibility index (Phi) is 7.06. The SMILES string of the molecule is CC(C)(C)Cc1ccccc1.CC(c1ccccc1)C(C)(C)C. The van der Waals surface area contributed by atoms with Gasteiger partial charge in [-0.3, -0.25) is 0 Å². The lowest BCUT2D eigenvalue weighted by Gasteiger charge is -2.27. The van der Waals surface area contributed by atoms with Crippen molar-refractivity contribution in [1.82, 2.24) is 0 Å². The van der Waals surface area contributed by atoms with E-state index in [-0.39, 0.29) is 0 Å². The van der Waals surface area contributed by atoms with Gasteiger partial charge in [-0.1, -0.05) is 109 Å². The normalized spacial score (nSPS) is 13.0. The Hall–Kier alpha value is -1.56. The summed E-state index contributed by atoms with van der Waals surface area (Å²) < 4.78 is 0. The molecule has 0 bridgehead atoms. The minimum absolute atomic E-state index is 0.362. The topological polar surface area (TPSA) is 0 Å². The molecule has 1 atom stereocenters. The Morgan fingerprint density at radius 1 is 0.696 bits per heavy atom. The number of rotatable bonds is 2. The van der Waals surface area contributed by atoms with Gasteiger partial charge in [0, 0.05) is 0 Å². The van der Waals surface area contributed by atoms with E-state index in [4.69, 9.17) is 0 Å². The first-order valence-corrected chi connectivity index (χ1v) is 8.68. The standard InChI is InChI=1S/C12H18.C11H16/c1-10(12(2,3)4)11-8-6-5-7-9-11;1-11(2,3)9-10-7-5-4-6-8-10/h5-10H,1-4H3;4-8H,9H2,1-3H3. The largest absolute Gasteiger partial charge is 0.0622 e. The highest BCUT2D eigenvalue weighted by Gasteiger charge is 2.20. The summed E-state index contributed by atoms with van der Waals surface area (Å²) in [4.78, 5) is 0. The van der Waals surface area contributed by atoms with Gasteiger partial charge in [0.25, 0.3) is 0 Å². The van der Waals surface area contributed by atoms with Crippen LogP contribution in [-0.4, -0.2) is 0 Å². The summed E-state index contributed by atoms with van der Waals surface area (Å²) in [6.07, 6.45) is 1.16. The molecule has 1 unspecified atom stereocenters. The van der Waals surface area contributed by atoms with Crippen molar-refractivity contribution < 1.29 is 0 Å². The van der Waals surface area contributed by atoms with Crippen LogP contribution in [0.2, 0.25) is 0 Å². The van der Waals surface area contributed by atoms with Gasteiger partial charge in [-0.05, 0) is 34.3 Å². The van der Waals surface area contributed by atoms with Gasteiger partial charge in [-0.2, -0.15) is 0 Å². The van der Waals surface area contributed by atoms with Gasteiger partial charge >= 0.3 is 0 Å². The zero-order chi connectivity index (χ0) is 17.5. The van der Waals surface area contributed by atoms with Crippen molar-refractivity contribution >= 4 is 0 Å². The molecule has 2 aromatic rings. The summed E-state index contributed by atoms with van der Waals surface area (Å²) in [6, 6.07) is 21.3. The summed E-state index contributed by atoms with van der Waals surface area (Å²) in [6.45, 7) is 15.9. The lowest BCUT2D eigenvalue weighted by Crippen LogP contribution is -2.14. The molecular weight excluding hydrogens is 276 g/mol. The second-order valence-electron chi connectivity index (χ2n) is 8.72. The molecule has 0 aliphatic heterocycles. The Bertz CT molecular complexity index is 538. The van der Waals surface area contributed by atoms with Crippen molar-refractivity contribution in [1.29, 1.82) is 0 Å². The van der Waals surface area contributed by atoms with Crippen LogP contribution >= 0.6 is 0 Å². The molecule has 126 valence electrons. The molecule has 2 aromatic carbocycles. The van der Waals surface area contributed by atoms with Crippen molar-refractivity contribution in [2.24, 2.45) is 10.8 Å². The first kappa shape index (κ1) is 19.5. The molecule has 0 heteroatoms. The van der Waals surface area contributed by atoms with E-state index in [1.54, 1.807) is 0 Å². The summed E-state index contributed by atoms with van der Waals surface area (Å²) in [5.41, 5.74) is 3.63. The maximum Gasteiger partial charge on any atom is -0.0142 e. The number of hydrogen-bond donors (Lipinski definition) is 0. The number of benzene rings is 2. The third-order valence-electron chi connectivity index (χ3n) is 4.18. The highest BCUT2D eigenvalue weighted by atomic mass is 14.3. The van der Waals surface area contributed by atoms with Crippen LogP contribution in [0.3, 0.4) is 0 Å². The molecule has 0 N–H and O–H groups in total. The summed E-state index contributed by atoms with van der Waals surface area (Å²) in [7, 11) is 0. The van der Waals surface area contributed by atoms with Gasteiger partial charge in [0.2, 0.25) is 0 Å². The van der Waals surface area contributed by atoms with Gasteiger partial charge < -0.3 is 0 Å². The van der Waals surface area contributed by atoms with E-state index >= 15 is 0 Å². The second-order valence-corrected chi connectivity index (χ2v) is 8.72. The first-order valence-electron chi connectivity index (χ1n) is 8.68. The lowest BCUT2D eigenvalue weighted by atomic mass is 9.78. The zero-order valence-corrected chi connectivity index (χ0v) is 16.1. The summed E-state index contributed by atoms with van der Waals surface area (Å²) in [5, 5.41) is 0. The molecule has 0 radical (unpaired) electrons. The molecule has 2 rings (SSSR count). The highest BCUT2D eigenvalue weighted by molar-refractivity contribution is 5.20. The maximum absolute atomic E-state index is 2.29. The fourth-order valence-electron chi connectivity index (χ4n) is 2.45. The van der Waals surface area contributed by atoms with Crippen molar-refractivity contribution in [3.8, 4) is 0 Å². The summed E-state index contributed by atoms with van der Waals surface area (Å²) >= 11 is 0. The van der Waals surface area contributed by atoms with Crippen molar-refractivity contribution in [2.75, 3.05) is 0 Å². The third kappa shape index (κ3) is 8.02. The first-order chi connectivity index (χ1) is 10.6. The average molecular weight is 311 g/mol. The number of hydrogen-bond acceptors (Lipinski definition) is 0. The van der Waals surface area contributed by atoms with E-state index in [0.717, 1.165) is 6.42 Å². The Morgan fingerprint density at radius 3 is 1.52 bits per heavy atom. The van der Waals surface area contributed by atoms with Crippen molar-refractivity contribution in [3.05, 3.63) is 71.8 Å². The van der Waals surface area contributed by atoms with Crippen molar-refractivity contribution in [2.45, 2.75) is 60.8 Å². The fourth-order valence-corrected chi connectivity index (χ4v) is 2.45. The fraction of sp³-hybridized carbons (Fsp3) is 0.478. The van der Waals surface area contributed by atoms with Gasteiger partial charge in [0.1, 0.15) is 0 Å². The van der Waals surface area contributed by atoms with Crippen LogP contribution < -0.4 is 0 Å². The molecule has 23 heavy (non-hydrogen) atoms. The average Bonchev–Trinajstić information content (AvgIpc) is 2.46. The van der Waals surface area contributed by atoms with Crippen molar-refractivity contribution in [3.63, 3.8) is 0 Å². The molecule has 0 aliphatic carbocycles. The van der Waals surface area contributed by atoms with E-state index in [0.29, 0.717) is 16.7 Å². The molecule has 0 saturated heterocycles. The van der Waals surface area contributed by atoms with Gasteiger partial charge in [0.15, 0.2) is 0 Å². The van der Waals surface area contributed by atoms with Gasteiger partial charge in [-0.15, -0.1) is 0 Å². The van der Waals surface area contributed by atoms with Crippen LogP contribution in [-0.2, 0) is 6.42 Å². The quantitative estimate of drug-likeness (QED) is 0.554. The zero-order valence-electron chi connectivity index (χ0n) is 16.1. The van der Waals surface area contributed by atoms with E-state index in [9.17, 15) is 0 Å². The van der Waals surface area contributed by atoms with E-state index < -0.39 is 0 Å². The molecule has 0 spiro atoms. The molecule has 0 aliphatic rings. The van der Waals surface area contributed by atoms with Crippen LogP contribution in [0.15, 0.2) is 60.7 Å². The molecule has 0 heterocycles. The molecule has 0 saturated carbocycles. The molecule has 0 fully saturated rings. The Morgan fingerprint density at radius 2 is 1.13 bits per heavy atom. The Labute approximate surface area is 144 Å². The van der Waals surface area contributed by atoms with Crippen LogP contribution in [0.1, 0.15) is 65.5 Å². The van der Waals surface area contributed by atoms with Crippen LogP contribution in [0.25, 0.3) is 0 Å². The van der Waals surface area contributed by atoms with Crippen LogP contribution in [0.5, 0.6) is 0 Å². The Balaban J connectivity index is 0.000000231.